The maximum absolute atomic E-state index is 11.7. The minimum absolute atomic E-state index is 0.0471. The monoisotopic (exact) mass is 275 g/mol. The van der Waals surface area contributed by atoms with Gasteiger partial charge >= 0.3 is 5.97 Å². The summed E-state index contributed by atoms with van der Waals surface area (Å²) < 4.78 is 0. The lowest BCUT2D eigenvalue weighted by molar-refractivity contribution is -0.131. The molecular weight excluding hydrogens is 254 g/mol. The largest absolute Gasteiger partial charge is 0.478 e. The summed E-state index contributed by atoms with van der Waals surface area (Å²) >= 11 is 0. The molecule has 0 heterocycles. The van der Waals surface area contributed by atoms with Crippen LogP contribution in [0.1, 0.15) is 37.8 Å². The molecule has 0 aliphatic rings. The smallest absolute Gasteiger partial charge is 0.328 e. The molecule has 0 fully saturated rings. The number of benzene rings is 1. The van der Waals surface area contributed by atoms with Crippen molar-refractivity contribution in [1.29, 1.82) is 0 Å². The van der Waals surface area contributed by atoms with Crippen molar-refractivity contribution in [1.82, 2.24) is 5.32 Å². The minimum Gasteiger partial charge on any atom is -0.478 e. The van der Waals surface area contributed by atoms with Gasteiger partial charge in [-0.25, -0.2) is 4.79 Å². The van der Waals surface area contributed by atoms with Gasteiger partial charge in [-0.3, -0.25) is 4.79 Å². The molecule has 1 aromatic carbocycles. The lowest BCUT2D eigenvalue weighted by atomic mass is 10.0. The third kappa shape index (κ3) is 6.18. The van der Waals surface area contributed by atoms with Crippen LogP contribution in [0.25, 0.3) is 6.08 Å². The van der Waals surface area contributed by atoms with Crippen LogP contribution < -0.4 is 5.32 Å². The zero-order chi connectivity index (χ0) is 15.0. The zero-order valence-electron chi connectivity index (χ0n) is 11.9. The highest BCUT2D eigenvalue weighted by molar-refractivity contribution is 5.85. The van der Waals surface area contributed by atoms with Gasteiger partial charge in [0.25, 0.3) is 0 Å². The molecule has 4 heteroatoms. The normalized spacial score (nSPS) is 12.3. The van der Waals surface area contributed by atoms with Crippen LogP contribution in [-0.4, -0.2) is 17.0 Å². The maximum Gasteiger partial charge on any atom is 0.328 e. The van der Waals surface area contributed by atoms with Gasteiger partial charge in [-0.05, 0) is 29.2 Å². The van der Waals surface area contributed by atoms with Crippen molar-refractivity contribution in [2.45, 2.75) is 33.2 Å². The molecule has 0 spiro atoms. The van der Waals surface area contributed by atoms with E-state index in [-0.39, 0.29) is 5.91 Å². The van der Waals surface area contributed by atoms with Crippen LogP contribution in [0, 0.1) is 5.92 Å². The highest BCUT2D eigenvalue weighted by Crippen LogP contribution is 2.09. The molecule has 108 valence electrons. The molecule has 0 aromatic heterocycles. The topological polar surface area (TPSA) is 66.4 Å². The van der Waals surface area contributed by atoms with Crippen molar-refractivity contribution >= 4 is 18.0 Å². The van der Waals surface area contributed by atoms with Crippen LogP contribution in [-0.2, 0) is 16.1 Å². The SMILES string of the molecule is CCC(C)CC(=O)NCc1cccc(/C=C/C(=O)O)c1. The van der Waals surface area contributed by atoms with E-state index in [4.69, 9.17) is 5.11 Å². The summed E-state index contributed by atoms with van der Waals surface area (Å²) in [6.45, 7) is 4.58. The van der Waals surface area contributed by atoms with Gasteiger partial charge in [-0.2, -0.15) is 0 Å². The first-order valence-electron chi connectivity index (χ1n) is 6.78. The lowest BCUT2D eigenvalue weighted by Gasteiger charge is -2.09. The predicted molar refractivity (Wildman–Crippen MR) is 79.0 cm³/mol. The first-order chi connectivity index (χ1) is 9.51. The number of hydrogen-bond acceptors (Lipinski definition) is 2. The van der Waals surface area contributed by atoms with E-state index >= 15 is 0 Å². The van der Waals surface area contributed by atoms with E-state index < -0.39 is 5.97 Å². The Labute approximate surface area is 119 Å². The molecule has 0 aliphatic carbocycles. The molecule has 1 amide bonds. The van der Waals surface area contributed by atoms with Gasteiger partial charge in [0, 0.05) is 19.0 Å². The second-order valence-electron chi connectivity index (χ2n) is 4.91. The summed E-state index contributed by atoms with van der Waals surface area (Å²) in [4.78, 5) is 22.1. The number of hydrogen-bond donors (Lipinski definition) is 2. The van der Waals surface area contributed by atoms with Crippen LogP contribution in [0.2, 0.25) is 0 Å². The summed E-state index contributed by atoms with van der Waals surface area (Å²) in [5.74, 6) is -0.539. The molecule has 1 aromatic rings. The quantitative estimate of drug-likeness (QED) is 0.752. The average molecular weight is 275 g/mol. The summed E-state index contributed by atoms with van der Waals surface area (Å²) in [7, 11) is 0. The van der Waals surface area contributed by atoms with Crippen LogP contribution in [0.15, 0.2) is 30.3 Å². The first kappa shape index (κ1) is 16.0. The highest BCUT2D eigenvalue weighted by Gasteiger charge is 2.06. The van der Waals surface area contributed by atoms with Gasteiger partial charge in [0.05, 0.1) is 0 Å². The summed E-state index contributed by atoms with van der Waals surface area (Å²) in [6.07, 6.45) is 4.16. The molecule has 1 unspecified atom stereocenters. The molecule has 4 nitrogen and oxygen atoms in total. The van der Waals surface area contributed by atoms with Crippen LogP contribution in [0.3, 0.4) is 0 Å². The Kier molecular flexibility index (Phi) is 6.50. The average Bonchev–Trinajstić information content (AvgIpc) is 2.43. The maximum atomic E-state index is 11.7. The van der Waals surface area contributed by atoms with Gasteiger partial charge in [0.15, 0.2) is 0 Å². The van der Waals surface area contributed by atoms with Gasteiger partial charge in [-0.15, -0.1) is 0 Å². The second kappa shape index (κ2) is 8.15. The number of carboxylic acid groups (broad SMARTS) is 1. The van der Waals surface area contributed by atoms with Crippen molar-refractivity contribution in [3.8, 4) is 0 Å². The zero-order valence-corrected chi connectivity index (χ0v) is 11.9. The number of nitrogens with one attached hydrogen (secondary N) is 1. The van der Waals surface area contributed by atoms with Crippen molar-refractivity contribution < 1.29 is 14.7 Å². The molecule has 0 saturated carbocycles. The Morgan fingerprint density at radius 1 is 1.40 bits per heavy atom. The third-order valence-electron chi connectivity index (χ3n) is 3.09. The number of amides is 1. The van der Waals surface area contributed by atoms with E-state index in [0.717, 1.165) is 23.6 Å². The van der Waals surface area contributed by atoms with Crippen molar-refractivity contribution in [2.75, 3.05) is 0 Å². The second-order valence-corrected chi connectivity index (χ2v) is 4.91. The molecule has 2 N–H and O–H groups in total. The molecule has 1 rings (SSSR count). The van der Waals surface area contributed by atoms with Crippen molar-refractivity contribution in [3.63, 3.8) is 0 Å². The van der Waals surface area contributed by atoms with Crippen molar-refractivity contribution in [2.24, 2.45) is 5.92 Å². The Hall–Kier alpha value is -2.10. The Morgan fingerprint density at radius 2 is 2.15 bits per heavy atom. The fraction of sp³-hybridized carbons (Fsp3) is 0.375. The minimum atomic E-state index is -0.975. The molecule has 0 bridgehead atoms. The van der Waals surface area contributed by atoms with E-state index in [1.807, 2.05) is 24.3 Å². The fourth-order valence-electron chi connectivity index (χ4n) is 1.71. The van der Waals surface area contributed by atoms with Gasteiger partial charge in [-0.1, -0.05) is 38.5 Å². The lowest BCUT2D eigenvalue weighted by Crippen LogP contribution is -2.24. The standard InChI is InChI=1S/C16H21NO3/c1-3-12(2)9-15(18)17-11-14-6-4-5-13(10-14)7-8-16(19)20/h4-8,10,12H,3,9,11H2,1-2H3,(H,17,18)(H,19,20)/b8-7+. The molecule has 20 heavy (non-hydrogen) atoms. The number of carboxylic acids is 1. The third-order valence-corrected chi connectivity index (χ3v) is 3.09. The Bertz CT molecular complexity index is 494. The molecular formula is C16H21NO3. The highest BCUT2D eigenvalue weighted by atomic mass is 16.4. The predicted octanol–water partition coefficient (Wildman–Crippen LogP) is 2.84. The van der Waals surface area contributed by atoms with Crippen LogP contribution in [0.5, 0.6) is 0 Å². The number of aliphatic carboxylic acids is 1. The number of carbonyl (C=O) groups excluding carboxylic acids is 1. The molecule has 1 atom stereocenters. The van der Waals surface area contributed by atoms with Gasteiger partial charge < -0.3 is 10.4 Å². The number of carbonyl (C=O) groups is 2. The van der Waals surface area contributed by atoms with E-state index in [1.165, 1.54) is 6.08 Å². The van der Waals surface area contributed by atoms with Crippen molar-refractivity contribution in [3.05, 3.63) is 41.5 Å². The summed E-state index contributed by atoms with van der Waals surface area (Å²) in [5.41, 5.74) is 1.76. The van der Waals surface area contributed by atoms with E-state index in [1.54, 1.807) is 0 Å². The van der Waals surface area contributed by atoms with Gasteiger partial charge in [0.2, 0.25) is 5.91 Å². The van der Waals surface area contributed by atoms with E-state index in [2.05, 4.69) is 19.2 Å². The number of rotatable bonds is 7. The van der Waals surface area contributed by atoms with Crippen LogP contribution in [0.4, 0.5) is 0 Å². The van der Waals surface area contributed by atoms with E-state index in [9.17, 15) is 9.59 Å². The summed E-state index contributed by atoms with van der Waals surface area (Å²) in [5, 5.41) is 11.5. The molecule has 0 aliphatic heterocycles. The molecule has 0 radical (unpaired) electrons. The van der Waals surface area contributed by atoms with E-state index in [0.29, 0.717) is 18.9 Å². The summed E-state index contributed by atoms with van der Waals surface area (Å²) in [6, 6.07) is 7.44. The fourth-order valence-corrected chi connectivity index (χ4v) is 1.71. The molecule has 0 saturated heterocycles. The van der Waals surface area contributed by atoms with Gasteiger partial charge in [0.1, 0.15) is 0 Å². The van der Waals surface area contributed by atoms with Crippen LogP contribution >= 0.6 is 0 Å². The Morgan fingerprint density at radius 3 is 2.80 bits per heavy atom. The first-order valence-corrected chi connectivity index (χ1v) is 6.78. The Balaban J connectivity index is 2.54.